The lowest BCUT2D eigenvalue weighted by Crippen LogP contribution is -2.66. The Hall–Kier alpha value is -1.50. The van der Waals surface area contributed by atoms with Crippen molar-refractivity contribution in [1.29, 1.82) is 0 Å². The van der Waals surface area contributed by atoms with Crippen LogP contribution in [0.15, 0.2) is 16.6 Å². The highest BCUT2D eigenvalue weighted by Crippen LogP contribution is 2.38. The zero-order valence-corrected chi connectivity index (χ0v) is 12.7. The van der Waals surface area contributed by atoms with Crippen LogP contribution in [0.2, 0.25) is 0 Å². The molecule has 2 fully saturated rings. The molecule has 0 bridgehead atoms. The van der Waals surface area contributed by atoms with E-state index in [0.29, 0.717) is 18.9 Å². The van der Waals surface area contributed by atoms with Gasteiger partial charge < -0.3 is 5.32 Å². The van der Waals surface area contributed by atoms with Crippen molar-refractivity contribution in [2.45, 2.75) is 31.2 Å². The minimum absolute atomic E-state index is 0.0810. The van der Waals surface area contributed by atoms with Crippen LogP contribution in [0.1, 0.15) is 25.7 Å². The van der Waals surface area contributed by atoms with E-state index in [9.17, 15) is 18.4 Å². The number of benzene rings is 1. The summed E-state index contributed by atoms with van der Waals surface area (Å²) in [7, 11) is 0. The van der Waals surface area contributed by atoms with Crippen molar-refractivity contribution in [3.63, 3.8) is 0 Å². The van der Waals surface area contributed by atoms with E-state index < -0.39 is 17.2 Å². The average Bonchev–Trinajstić information content (AvgIpc) is 2.83. The van der Waals surface area contributed by atoms with Crippen LogP contribution >= 0.6 is 15.9 Å². The molecule has 1 aliphatic carbocycles. The first-order chi connectivity index (χ1) is 9.93. The smallest absolute Gasteiger partial charge is 0.253 e. The maximum atomic E-state index is 14.1. The van der Waals surface area contributed by atoms with Gasteiger partial charge in [-0.25, -0.2) is 8.78 Å². The molecule has 1 heterocycles. The number of amides is 2. The summed E-state index contributed by atoms with van der Waals surface area (Å²) in [6.45, 7) is -0.262. The largest absolute Gasteiger partial charge is 0.340 e. The Balaban J connectivity index is 2.05. The summed E-state index contributed by atoms with van der Waals surface area (Å²) < 4.78 is 27.4. The van der Waals surface area contributed by atoms with E-state index in [1.807, 2.05) is 0 Å². The van der Waals surface area contributed by atoms with E-state index in [2.05, 4.69) is 21.2 Å². The van der Waals surface area contributed by atoms with Crippen LogP contribution in [0.3, 0.4) is 0 Å². The minimum atomic E-state index is -0.935. The molecule has 0 radical (unpaired) electrons. The van der Waals surface area contributed by atoms with Crippen LogP contribution in [0.5, 0.6) is 0 Å². The molecule has 1 saturated heterocycles. The van der Waals surface area contributed by atoms with Gasteiger partial charge in [-0.3, -0.25) is 14.5 Å². The Morgan fingerprint density at radius 3 is 2.48 bits per heavy atom. The Morgan fingerprint density at radius 1 is 1.19 bits per heavy atom. The summed E-state index contributed by atoms with van der Waals surface area (Å²) in [6, 6.07) is 1.79. The van der Waals surface area contributed by atoms with E-state index in [1.165, 1.54) is 0 Å². The van der Waals surface area contributed by atoms with Gasteiger partial charge >= 0.3 is 0 Å². The van der Waals surface area contributed by atoms with E-state index >= 15 is 0 Å². The van der Waals surface area contributed by atoms with Crippen LogP contribution in [-0.2, 0) is 9.59 Å². The number of nitrogens with one attached hydrogen (secondary N) is 1. The minimum Gasteiger partial charge on any atom is -0.340 e. The zero-order chi connectivity index (χ0) is 15.2. The van der Waals surface area contributed by atoms with Crippen LogP contribution in [0.4, 0.5) is 14.5 Å². The van der Waals surface area contributed by atoms with Crippen LogP contribution in [0, 0.1) is 11.6 Å². The lowest BCUT2D eigenvalue weighted by Gasteiger charge is -2.40. The molecule has 4 nitrogen and oxygen atoms in total. The van der Waals surface area contributed by atoms with Gasteiger partial charge in [0.1, 0.15) is 17.9 Å². The average molecular weight is 359 g/mol. The number of halogens is 3. The summed E-state index contributed by atoms with van der Waals surface area (Å²) >= 11 is 3.07. The predicted octanol–water partition coefficient (Wildman–Crippen LogP) is 2.50. The summed E-state index contributed by atoms with van der Waals surface area (Å²) in [5, 5.41) is 2.75. The molecule has 0 unspecified atom stereocenters. The summed E-state index contributed by atoms with van der Waals surface area (Å²) in [6.07, 6.45) is 2.78. The molecule has 2 aliphatic rings. The van der Waals surface area contributed by atoms with Crippen molar-refractivity contribution in [2.75, 3.05) is 11.4 Å². The van der Waals surface area contributed by atoms with Crippen molar-refractivity contribution < 1.29 is 18.4 Å². The SMILES string of the molecule is O=C1CN(c2c(F)cc(F)cc2Br)C(=O)C2(CCCC2)N1. The molecule has 3 rings (SSSR count). The van der Waals surface area contributed by atoms with Crippen LogP contribution < -0.4 is 10.2 Å². The molecule has 1 aromatic rings. The first-order valence-electron chi connectivity index (χ1n) is 6.70. The number of hydrogen-bond acceptors (Lipinski definition) is 2. The molecule has 2 amide bonds. The fourth-order valence-electron chi connectivity index (χ4n) is 3.12. The quantitative estimate of drug-likeness (QED) is 0.838. The molecule has 1 saturated carbocycles. The molecule has 21 heavy (non-hydrogen) atoms. The number of rotatable bonds is 1. The van der Waals surface area contributed by atoms with Crippen molar-refractivity contribution in [2.24, 2.45) is 0 Å². The van der Waals surface area contributed by atoms with E-state index in [0.717, 1.165) is 23.8 Å². The van der Waals surface area contributed by atoms with Crippen LogP contribution in [0.25, 0.3) is 0 Å². The molecule has 112 valence electrons. The number of carbonyl (C=O) groups excluding carboxylic acids is 2. The topological polar surface area (TPSA) is 49.4 Å². The molecular formula is C14H13BrF2N2O2. The standard InChI is InChI=1S/C14H13BrF2N2O2/c15-9-5-8(16)6-10(17)12(9)19-7-11(20)18-14(13(19)21)3-1-2-4-14/h5-6H,1-4,7H2,(H,18,20). The molecule has 7 heteroatoms. The Kier molecular flexibility index (Phi) is 3.47. The first-order valence-corrected chi connectivity index (χ1v) is 7.50. The van der Waals surface area contributed by atoms with Gasteiger partial charge in [-0.1, -0.05) is 12.8 Å². The number of piperazine rings is 1. The van der Waals surface area contributed by atoms with Gasteiger partial charge in [0, 0.05) is 10.5 Å². The number of hydrogen-bond donors (Lipinski definition) is 1. The first kappa shape index (κ1) is 14.4. The molecule has 1 aliphatic heterocycles. The van der Waals surface area contributed by atoms with E-state index in [-0.39, 0.29) is 28.5 Å². The van der Waals surface area contributed by atoms with Gasteiger partial charge in [-0.05, 0) is 34.8 Å². The predicted molar refractivity (Wildman–Crippen MR) is 75.8 cm³/mol. The number of anilines is 1. The summed E-state index contributed by atoms with van der Waals surface area (Å²) in [4.78, 5) is 25.8. The molecule has 1 spiro atoms. The van der Waals surface area contributed by atoms with Gasteiger partial charge in [0.25, 0.3) is 5.91 Å². The molecule has 0 aromatic heterocycles. The molecule has 1 aromatic carbocycles. The highest BCUT2D eigenvalue weighted by molar-refractivity contribution is 9.10. The summed E-state index contributed by atoms with van der Waals surface area (Å²) in [5.74, 6) is -2.26. The number of nitrogens with zero attached hydrogens (tertiary/aromatic N) is 1. The fourth-order valence-corrected chi connectivity index (χ4v) is 3.75. The third kappa shape index (κ3) is 2.33. The molecule has 0 atom stereocenters. The Bertz CT molecular complexity index is 606. The monoisotopic (exact) mass is 358 g/mol. The maximum Gasteiger partial charge on any atom is 0.253 e. The van der Waals surface area contributed by atoms with E-state index in [1.54, 1.807) is 0 Å². The van der Waals surface area contributed by atoms with Gasteiger partial charge in [-0.15, -0.1) is 0 Å². The van der Waals surface area contributed by atoms with Crippen molar-refractivity contribution in [3.8, 4) is 0 Å². The van der Waals surface area contributed by atoms with Crippen molar-refractivity contribution in [3.05, 3.63) is 28.2 Å². The Morgan fingerprint density at radius 2 is 1.86 bits per heavy atom. The highest BCUT2D eigenvalue weighted by Gasteiger charge is 2.49. The normalized spacial score (nSPS) is 21.0. The zero-order valence-electron chi connectivity index (χ0n) is 11.1. The Labute approximate surface area is 128 Å². The second kappa shape index (κ2) is 5.05. The molecular weight excluding hydrogens is 346 g/mol. The second-order valence-corrected chi connectivity index (χ2v) is 6.30. The van der Waals surface area contributed by atoms with Gasteiger partial charge in [0.15, 0.2) is 5.82 Å². The summed E-state index contributed by atoms with van der Waals surface area (Å²) in [5.41, 5.74) is -1.02. The maximum absolute atomic E-state index is 14.1. The van der Waals surface area contributed by atoms with E-state index in [4.69, 9.17) is 0 Å². The van der Waals surface area contributed by atoms with Crippen molar-refractivity contribution >= 4 is 33.4 Å². The molecule has 1 N–H and O–H groups in total. The third-order valence-electron chi connectivity index (χ3n) is 4.04. The second-order valence-electron chi connectivity index (χ2n) is 5.45. The lowest BCUT2D eigenvalue weighted by atomic mass is 9.92. The van der Waals surface area contributed by atoms with Crippen molar-refractivity contribution in [1.82, 2.24) is 5.32 Å². The lowest BCUT2D eigenvalue weighted by molar-refractivity contribution is -0.135. The van der Waals surface area contributed by atoms with Crippen LogP contribution in [-0.4, -0.2) is 23.9 Å². The third-order valence-corrected chi connectivity index (χ3v) is 4.65. The van der Waals surface area contributed by atoms with Gasteiger partial charge in [-0.2, -0.15) is 0 Å². The highest BCUT2D eigenvalue weighted by atomic mass is 79.9. The number of carbonyl (C=O) groups is 2. The fraction of sp³-hybridized carbons (Fsp3) is 0.429. The van der Waals surface area contributed by atoms with Gasteiger partial charge in [0.2, 0.25) is 5.91 Å². The van der Waals surface area contributed by atoms with Gasteiger partial charge in [0.05, 0.1) is 5.69 Å².